The van der Waals surface area contributed by atoms with Gasteiger partial charge in [-0.2, -0.15) is 4.67 Å². The van der Waals surface area contributed by atoms with Crippen LogP contribution in [-0.4, -0.2) is 64.0 Å². The van der Waals surface area contributed by atoms with Crippen molar-refractivity contribution in [2.75, 3.05) is 27.4 Å². The molecule has 1 aromatic carbocycles. The Morgan fingerprint density at radius 2 is 1.93 bits per heavy atom. The van der Waals surface area contributed by atoms with Crippen LogP contribution in [0.4, 0.5) is 0 Å². The molecule has 160 valence electrons. The maximum atomic E-state index is 13.3. The van der Waals surface area contributed by atoms with Crippen LogP contribution in [0.2, 0.25) is 0 Å². The summed E-state index contributed by atoms with van der Waals surface area (Å²) >= 11 is 3.28. The fraction of sp³-hybridized carbons (Fsp3) is 0.625. The maximum absolute atomic E-state index is 13.3. The van der Waals surface area contributed by atoms with E-state index in [4.69, 9.17) is 18.7 Å². The van der Waals surface area contributed by atoms with Crippen LogP contribution in [0.1, 0.15) is 13.8 Å². The van der Waals surface area contributed by atoms with Gasteiger partial charge in [0.25, 0.3) is 0 Å². The minimum Gasteiger partial charge on any atom is -0.382 e. The Kier molecular flexibility index (Phi) is 8.78. The van der Waals surface area contributed by atoms with E-state index in [-0.39, 0.29) is 18.1 Å². The van der Waals surface area contributed by atoms with Crippen molar-refractivity contribution in [3.63, 3.8) is 0 Å². The highest BCUT2D eigenvalue weighted by molar-refractivity contribution is 9.10. The van der Waals surface area contributed by atoms with E-state index in [0.29, 0.717) is 0 Å². The Morgan fingerprint density at radius 3 is 2.46 bits per heavy atom. The first kappa shape index (κ1) is 24.1. The molecule has 0 radical (unpaired) electrons. The smallest absolute Gasteiger partial charge is 0.360 e. The highest BCUT2D eigenvalue weighted by atomic mass is 79.9. The third-order valence-corrected chi connectivity index (χ3v) is 7.25. The fourth-order valence-electron chi connectivity index (χ4n) is 3.00. The lowest BCUT2D eigenvalue weighted by molar-refractivity contribution is -0.195. The third-order valence-electron chi connectivity index (χ3n) is 4.13. The number of methoxy groups -OCH3 is 1. The quantitative estimate of drug-likeness (QED) is 0.293. The maximum Gasteiger partial charge on any atom is 0.360 e. The van der Waals surface area contributed by atoms with Gasteiger partial charge in [-0.1, -0.05) is 15.9 Å². The zero-order chi connectivity index (χ0) is 20.9. The van der Waals surface area contributed by atoms with Crippen molar-refractivity contribution < 1.29 is 41.6 Å². The molecule has 1 heterocycles. The summed E-state index contributed by atoms with van der Waals surface area (Å²) in [6.07, 6.45) is -2.02. The normalized spacial score (nSPS) is 29.1. The number of benzene rings is 1. The molecule has 0 spiro atoms. The summed E-state index contributed by atoms with van der Waals surface area (Å²) in [4.78, 5) is 14.4. The number of hydrogen-bond donors (Lipinski definition) is 1. The van der Waals surface area contributed by atoms with Crippen LogP contribution >= 0.6 is 24.5 Å². The molecule has 9 nitrogen and oxygen atoms in total. The van der Waals surface area contributed by atoms with Crippen LogP contribution < -0.4 is 0 Å². The summed E-state index contributed by atoms with van der Waals surface area (Å²) in [5, 5.41) is 0. The molecule has 1 N–H and O–H groups in total. The second-order valence-electron chi connectivity index (χ2n) is 6.16. The molecule has 0 aromatic heterocycles. The van der Waals surface area contributed by atoms with E-state index in [2.05, 4.69) is 25.5 Å². The number of ether oxygens (including phenoxy) is 3. The largest absolute Gasteiger partial charge is 0.382 e. The molecule has 28 heavy (non-hydrogen) atoms. The van der Waals surface area contributed by atoms with E-state index in [1.807, 2.05) is 0 Å². The van der Waals surface area contributed by atoms with Gasteiger partial charge < -0.3 is 23.6 Å². The zero-order valence-electron chi connectivity index (χ0n) is 15.9. The SMILES string of the molecule is CCOC1C(OP(O)OOC)C(C)(COC)OC1S(=O)(=O)c1ccc(Br)cc1. The summed E-state index contributed by atoms with van der Waals surface area (Å²) in [6, 6.07) is 6.19. The highest BCUT2D eigenvalue weighted by Crippen LogP contribution is 2.46. The van der Waals surface area contributed by atoms with Crippen molar-refractivity contribution in [1.82, 2.24) is 0 Å². The Balaban J connectivity index is 2.43. The van der Waals surface area contributed by atoms with Gasteiger partial charge in [0, 0.05) is 18.2 Å². The van der Waals surface area contributed by atoms with Crippen LogP contribution in [0.25, 0.3) is 0 Å². The lowest BCUT2D eigenvalue weighted by atomic mass is 9.99. The molecule has 1 aromatic rings. The zero-order valence-corrected chi connectivity index (χ0v) is 19.2. The molecular formula is C16H24BrO9PS. The van der Waals surface area contributed by atoms with Crippen molar-refractivity contribution in [3.05, 3.63) is 28.7 Å². The van der Waals surface area contributed by atoms with Gasteiger partial charge in [0.1, 0.15) is 17.8 Å². The predicted octanol–water partition coefficient (Wildman–Crippen LogP) is 2.57. The van der Waals surface area contributed by atoms with E-state index in [1.54, 1.807) is 26.0 Å². The van der Waals surface area contributed by atoms with E-state index in [9.17, 15) is 13.3 Å². The molecular weight excluding hydrogens is 479 g/mol. The lowest BCUT2D eigenvalue weighted by Gasteiger charge is -2.31. The molecule has 2 rings (SSSR count). The van der Waals surface area contributed by atoms with Crippen LogP contribution in [0.15, 0.2) is 33.6 Å². The van der Waals surface area contributed by atoms with Crippen molar-refractivity contribution in [1.29, 1.82) is 0 Å². The second kappa shape index (κ2) is 10.2. The Hall–Kier alpha value is -0.200. The molecule has 5 unspecified atom stereocenters. The van der Waals surface area contributed by atoms with Crippen LogP contribution in [-0.2, 0) is 38.1 Å². The minimum absolute atomic E-state index is 0.00372. The second-order valence-corrected chi connectivity index (χ2v) is 9.93. The van der Waals surface area contributed by atoms with Gasteiger partial charge in [-0.05, 0) is 38.1 Å². The average Bonchev–Trinajstić information content (AvgIpc) is 2.89. The molecule has 0 amide bonds. The third kappa shape index (κ3) is 5.28. The van der Waals surface area contributed by atoms with Crippen molar-refractivity contribution in [2.45, 2.75) is 42.0 Å². The Morgan fingerprint density at radius 1 is 1.29 bits per heavy atom. The molecule has 1 aliphatic heterocycles. The first-order chi connectivity index (χ1) is 13.2. The van der Waals surface area contributed by atoms with Gasteiger partial charge in [-0.15, -0.1) is 0 Å². The van der Waals surface area contributed by atoms with Gasteiger partial charge in [0.05, 0.1) is 18.6 Å². The first-order valence-corrected chi connectivity index (χ1v) is 11.8. The van der Waals surface area contributed by atoms with Gasteiger partial charge in [-0.25, -0.2) is 13.3 Å². The van der Waals surface area contributed by atoms with Crippen LogP contribution in [0.5, 0.6) is 0 Å². The molecule has 0 bridgehead atoms. The average molecular weight is 503 g/mol. The fourth-order valence-corrected chi connectivity index (χ4v) is 5.67. The predicted molar refractivity (Wildman–Crippen MR) is 104 cm³/mol. The molecule has 1 fully saturated rings. The summed E-state index contributed by atoms with van der Waals surface area (Å²) in [6.45, 7) is 3.56. The number of rotatable bonds is 10. The molecule has 0 saturated carbocycles. The summed E-state index contributed by atoms with van der Waals surface area (Å²) < 4.78 is 54.2. The molecule has 1 aliphatic rings. The molecule has 0 aliphatic carbocycles. The number of halogens is 1. The van der Waals surface area contributed by atoms with Crippen LogP contribution in [0, 0.1) is 0 Å². The highest BCUT2D eigenvalue weighted by Gasteiger charge is 2.59. The Bertz CT molecular complexity index is 732. The monoisotopic (exact) mass is 502 g/mol. The van der Waals surface area contributed by atoms with Gasteiger partial charge in [0.15, 0.2) is 5.44 Å². The van der Waals surface area contributed by atoms with Gasteiger partial charge in [0.2, 0.25) is 9.84 Å². The first-order valence-electron chi connectivity index (χ1n) is 8.34. The van der Waals surface area contributed by atoms with Crippen molar-refractivity contribution >= 4 is 34.4 Å². The van der Waals surface area contributed by atoms with Crippen molar-refractivity contribution in [3.8, 4) is 0 Å². The number of sulfone groups is 1. The number of hydrogen-bond acceptors (Lipinski definition) is 9. The summed E-state index contributed by atoms with van der Waals surface area (Å²) in [5.74, 6) is 0. The standard InChI is InChI=1S/C16H24BrO9PS/c1-5-23-13-14(25-27(18)26-22-4)16(2,10-21-3)24-15(13)28(19,20)12-8-6-11(17)7-9-12/h6-9,13-15,18H,5,10H2,1-4H3. The van der Waals surface area contributed by atoms with Crippen molar-refractivity contribution in [2.24, 2.45) is 0 Å². The van der Waals surface area contributed by atoms with E-state index in [0.717, 1.165) is 4.47 Å². The van der Waals surface area contributed by atoms with E-state index >= 15 is 0 Å². The van der Waals surface area contributed by atoms with Gasteiger partial charge in [-0.3, -0.25) is 0 Å². The van der Waals surface area contributed by atoms with E-state index < -0.39 is 41.7 Å². The summed E-state index contributed by atoms with van der Waals surface area (Å²) in [7, 11) is -3.73. The molecule has 1 saturated heterocycles. The Labute approximate surface area is 174 Å². The molecule has 12 heteroatoms. The van der Waals surface area contributed by atoms with Gasteiger partial charge >= 0.3 is 8.60 Å². The van der Waals surface area contributed by atoms with E-state index in [1.165, 1.54) is 26.4 Å². The minimum atomic E-state index is -3.95. The summed E-state index contributed by atoms with van der Waals surface area (Å²) in [5.41, 5.74) is -2.59. The molecule has 5 atom stereocenters. The lowest BCUT2D eigenvalue weighted by Crippen LogP contribution is -2.46. The topological polar surface area (TPSA) is 110 Å². The van der Waals surface area contributed by atoms with Crippen LogP contribution in [0.3, 0.4) is 0 Å².